The SMILES string of the molecule is CC[N+]1=C(C=CC=CC=CC=C2N(CCCCCC(=O)O)c3ccc(S(=O)(=O)O)cc3C2(C)CCOCCOCCOC)C(C)(C)c2cc(S(=O)(=O)[O-])ccc21. The van der Waals surface area contributed by atoms with Gasteiger partial charge < -0.3 is 28.8 Å². The molecule has 13 nitrogen and oxygen atoms in total. The number of carboxylic acids is 1. The van der Waals surface area contributed by atoms with Crippen LogP contribution in [0.4, 0.5) is 11.4 Å². The van der Waals surface area contributed by atoms with Gasteiger partial charge in [0, 0.05) is 61.2 Å². The normalized spacial score (nSPS) is 19.0. The number of unbranched alkanes of at least 4 members (excludes halogenated alkanes) is 2. The van der Waals surface area contributed by atoms with Crippen LogP contribution in [-0.4, -0.2) is 101 Å². The second kappa shape index (κ2) is 19.5. The summed E-state index contributed by atoms with van der Waals surface area (Å²) in [5.41, 5.74) is 3.75. The van der Waals surface area contributed by atoms with Gasteiger partial charge in [0.15, 0.2) is 5.71 Å². The molecular formula is C41H54N2O11S2. The molecule has 0 aromatic heterocycles. The molecule has 1 atom stereocenters. The molecular weight excluding hydrogens is 761 g/mol. The largest absolute Gasteiger partial charge is 0.744 e. The summed E-state index contributed by atoms with van der Waals surface area (Å²) in [5.74, 6) is -0.843. The maximum atomic E-state index is 12.2. The van der Waals surface area contributed by atoms with E-state index in [9.17, 15) is 30.7 Å². The van der Waals surface area contributed by atoms with Crippen molar-refractivity contribution < 1.29 is 54.6 Å². The van der Waals surface area contributed by atoms with Crippen molar-refractivity contribution in [2.75, 3.05) is 58.1 Å². The van der Waals surface area contributed by atoms with Crippen LogP contribution in [0, 0.1) is 0 Å². The molecule has 0 amide bonds. The summed E-state index contributed by atoms with van der Waals surface area (Å²) in [7, 11) is -7.47. The molecule has 2 aliphatic rings. The summed E-state index contributed by atoms with van der Waals surface area (Å²) in [6.07, 6.45) is 15.9. The average molecular weight is 815 g/mol. The molecule has 306 valence electrons. The van der Waals surface area contributed by atoms with Crippen molar-refractivity contribution >= 4 is 43.3 Å². The van der Waals surface area contributed by atoms with Crippen molar-refractivity contribution in [3.63, 3.8) is 0 Å². The summed E-state index contributed by atoms with van der Waals surface area (Å²) < 4.78 is 88.2. The number of rotatable bonds is 22. The van der Waals surface area contributed by atoms with Gasteiger partial charge in [0.1, 0.15) is 16.7 Å². The summed E-state index contributed by atoms with van der Waals surface area (Å²) in [6.45, 7) is 11.3. The number of allylic oxidation sites excluding steroid dienone is 8. The molecule has 1 unspecified atom stereocenters. The minimum Gasteiger partial charge on any atom is -0.744 e. The third-order valence-corrected chi connectivity index (χ3v) is 11.9. The highest BCUT2D eigenvalue weighted by Gasteiger charge is 2.45. The third kappa shape index (κ3) is 10.9. The van der Waals surface area contributed by atoms with E-state index in [0.717, 1.165) is 33.9 Å². The van der Waals surface area contributed by atoms with Gasteiger partial charge >= 0.3 is 5.97 Å². The van der Waals surface area contributed by atoms with E-state index in [2.05, 4.69) is 9.48 Å². The van der Waals surface area contributed by atoms with E-state index in [4.69, 9.17) is 19.3 Å². The molecule has 2 heterocycles. The van der Waals surface area contributed by atoms with Crippen LogP contribution in [0.2, 0.25) is 0 Å². The number of fused-ring (bicyclic) bond motifs is 2. The smallest absolute Gasteiger partial charge is 0.303 e. The molecule has 0 saturated carbocycles. The van der Waals surface area contributed by atoms with Crippen LogP contribution in [0.1, 0.15) is 70.9 Å². The Hall–Kier alpha value is -3.96. The van der Waals surface area contributed by atoms with E-state index in [1.165, 1.54) is 24.3 Å². The Morgan fingerprint density at radius 2 is 1.50 bits per heavy atom. The number of carbonyl (C=O) groups is 1. The Balaban J connectivity index is 1.60. The quantitative estimate of drug-likeness (QED) is 0.0589. The fourth-order valence-corrected chi connectivity index (χ4v) is 8.30. The minimum absolute atomic E-state index is 0.0810. The number of ether oxygens (including phenoxy) is 3. The Bertz CT molecular complexity index is 2100. The second-order valence-electron chi connectivity index (χ2n) is 14.4. The van der Waals surface area contributed by atoms with Crippen LogP contribution in [0.5, 0.6) is 0 Å². The summed E-state index contributed by atoms with van der Waals surface area (Å²) in [4.78, 5) is 12.8. The van der Waals surface area contributed by atoms with Crippen molar-refractivity contribution in [1.29, 1.82) is 0 Å². The summed E-state index contributed by atoms with van der Waals surface area (Å²) >= 11 is 0. The lowest BCUT2D eigenvalue weighted by molar-refractivity contribution is -0.433. The van der Waals surface area contributed by atoms with E-state index in [0.29, 0.717) is 71.8 Å². The van der Waals surface area contributed by atoms with Crippen molar-refractivity contribution in [2.24, 2.45) is 0 Å². The lowest BCUT2D eigenvalue weighted by atomic mass is 9.78. The maximum Gasteiger partial charge on any atom is 0.303 e. The van der Waals surface area contributed by atoms with Crippen LogP contribution in [-0.2, 0) is 50.1 Å². The van der Waals surface area contributed by atoms with Crippen LogP contribution in [0.25, 0.3) is 0 Å². The zero-order chi connectivity index (χ0) is 41.1. The molecule has 0 saturated heterocycles. The van der Waals surface area contributed by atoms with Gasteiger partial charge in [0.05, 0.1) is 41.6 Å². The first kappa shape index (κ1) is 44.8. The highest BCUT2D eigenvalue weighted by molar-refractivity contribution is 7.86. The Morgan fingerprint density at radius 3 is 2.16 bits per heavy atom. The Kier molecular flexibility index (Phi) is 15.6. The Morgan fingerprint density at radius 1 is 0.857 bits per heavy atom. The van der Waals surface area contributed by atoms with Crippen molar-refractivity contribution in [3.8, 4) is 0 Å². The van der Waals surface area contributed by atoms with E-state index >= 15 is 0 Å². The number of hydrogen-bond acceptors (Lipinski definition) is 10. The average Bonchev–Trinajstić information content (AvgIpc) is 3.49. The molecule has 0 aliphatic carbocycles. The molecule has 56 heavy (non-hydrogen) atoms. The van der Waals surface area contributed by atoms with E-state index in [1.54, 1.807) is 19.2 Å². The first-order valence-electron chi connectivity index (χ1n) is 18.7. The molecule has 2 aliphatic heterocycles. The van der Waals surface area contributed by atoms with E-state index in [-0.39, 0.29) is 16.2 Å². The molecule has 4 rings (SSSR count). The zero-order valence-corrected chi connectivity index (χ0v) is 34.4. The van der Waals surface area contributed by atoms with Gasteiger partial charge in [0.25, 0.3) is 10.1 Å². The molecule has 0 spiro atoms. The standard InChI is InChI=1S/C41H54N2O11S2/c1-6-42-35-20-18-31(55(46,47)48)29-33(35)40(2,3)37(42)15-11-8-7-9-12-16-38-41(4,22-24-53-27-28-54-26-25-52-5)34-30-32(56(49,50)51)19-21-36(34)43(38)23-14-10-13-17-39(44)45/h7-9,11-12,15-16,18-21,29-30H,6,10,13-14,17,22-28H2,1-5H3,(H2-,44,45,46,47,48,49,50,51). The monoisotopic (exact) mass is 814 g/mol. The number of hydrogen-bond donors (Lipinski definition) is 2. The molecule has 2 aromatic carbocycles. The first-order chi connectivity index (χ1) is 26.5. The molecule has 15 heteroatoms. The highest BCUT2D eigenvalue weighted by atomic mass is 32.2. The number of anilines is 1. The molecule has 0 fully saturated rings. The van der Waals surface area contributed by atoms with Gasteiger partial charge in [-0.2, -0.15) is 13.0 Å². The lowest BCUT2D eigenvalue weighted by Crippen LogP contribution is -2.30. The predicted molar refractivity (Wildman–Crippen MR) is 214 cm³/mol. The van der Waals surface area contributed by atoms with Crippen molar-refractivity contribution in [2.45, 2.75) is 80.4 Å². The van der Waals surface area contributed by atoms with Gasteiger partial charge in [-0.15, -0.1) is 0 Å². The van der Waals surface area contributed by atoms with Gasteiger partial charge in [0.2, 0.25) is 5.69 Å². The van der Waals surface area contributed by atoms with Gasteiger partial charge in [-0.1, -0.05) is 36.8 Å². The number of nitrogens with zero attached hydrogens (tertiary/aromatic N) is 2. The molecule has 2 N–H and O–H groups in total. The highest BCUT2D eigenvalue weighted by Crippen LogP contribution is 2.51. The predicted octanol–water partition coefficient (Wildman–Crippen LogP) is 6.28. The van der Waals surface area contributed by atoms with Crippen molar-refractivity contribution in [3.05, 3.63) is 95.8 Å². The first-order valence-corrected chi connectivity index (χ1v) is 21.5. The van der Waals surface area contributed by atoms with Gasteiger partial charge in [-0.3, -0.25) is 9.35 Å². The third-order valence-electron chi connectivity index (χ3n) is 10.3. The molecule has 0 bridgehead atoms. The fraction of sp³-hybridized carbons (Fsp3) is 0.463. The van der Waals surface area contributed by atoms with Crippen LogP contribution in [0.15, 0.2) is 94.4 Å². The molecule has 0 radical (unpaired) electrons. The van der Waals surface area contributed by atoms with Crippen LogP contribution < -0.4 is 4.90 Å². The van der Waals surface area contributed by atoms with Crippen molar-refractivity contribution in [1.82, 2.24) is 0 Å². The second-order valence-corrected chi connectivity index (χ2v) is 17.2. The lowest BCUT2D eigenvalue weighted by Gasteiger charge is -2.30. The fourth-order valence-electron chi connectivity index (χ4n) is 7.30. The topological polar surface area (TPSA) is 183 Å². The number of methoxy groups -OCH3 is 1. The zero-order valence-electron chi connectivity index (χ0n) is 32.8. The van der Waals surface area contributed by atoms with Gasteiger partial charge in [-0.25, -0.2) is 8.42 Å². The maximum absolute atomic E-state index is 12.2. The van der Waals surface area contributed by atoms with Crippen LogP contribution >= 0.6 is 0 Å². The number of benzene rings is 2. The number of aliphatic carboxylic acids is 1. The number of carboxylic acid groups (broad SMARTS) is 1. The summed E-state index contributed by atoms with van der Waals surface area (Å²) in [6, 6.07) is 9.11. The van der Waals surface area contributed by atoms with Crippen LogP contribution in [0.3, 0.4) is 0 Å². The van der Waals surface area contributed by atoms with Gasteiger partial charge in [-0.05, 0) is 88.9 Å². The summed E-state index contributed by atoms with van der Waals surface area (Å²) in [5, 5.41) is 9.11. The minimum atomic E-state index is -4.60. The molecule has 2 aromatic rings. The van der Waals surface area contributed by atoms with E-state index in [1.807, 2.05) is 70.2 Å². The van der Waals surface area contributed by atoms with E-state index < -0.39 is 37.0 Å². The Labute approximate surface area is 331 Å².